The second-order valence-electron chi connectivity index (χ2n) is 4.81. The molecule has 0 radical (unpaired) electrons. The van der Waals surface area contributed by atoms with Gasteiger partial charge in [0.1, 0.15) is 5.84 Å². The van der Waals surface area contributed by atoms with Crippen LogP contribution in [-0.2, 0) is 10.0 Å². The maximum atomic E-state index is 12.0. The number of aliphatic imine (C=N–C) groups is 1. The maximum absolute atomic E-state index is 12.0. The molecule has 3 N–H and O–H groups in total. The lowest BCUT2D eigenvalue weighted by Gasteiger charge is -2.09. The molecule has 2 aromatic carbocycles. The van der Waals surface area contributed by atoms with Crippen LogP contribution < -0.4 is 10.5 Å². The molecule has 0 bridgehead atoms. The molecule has 6 heteroatoms. The van der Waals surface area contributed by atoms with Crippen LogP contribution in [-0.4, -0.2) is 20.8 Å². The third-order valence-corrected chi connectivity index (χ3v) is 4.73. The number of sulfonamides is 1. The number of amidine groups is 1. The zero-order chi connectivity index (χ0) is 14.9. The van der Waals surface area contributed by atoms with Crippen molar-refractivity contribution in [3.63, 3.8) is 0 Å². The Labute approximate surface area is 123 Å². The first-order valence-corrected chi connectivity index (χ1v) is 8.03. The minimum absolute atomic E-state index is 0.261. The van der Waals surface area contributed by atoms with Crippen LogP contribution in [0.3, 0.4) is 0 Å². The summed E-state index contributed by atoms with van der Waals surface area (Å²) in [5, 5.41) is 0. The van der Waals surface area contributed by atoms with Gasteiger partial charge in [-0.1, -0.05) is 42.5 Å². The minimum atomic E-state index is -3.49. The second kappa shape index (κ2) is 5.31. The van der Waals surface area contributed by atoms with E-state index in [9.17, 15) is 8.42 Å². The monoisotopic (exact) mass is 301 g/mol. The van der Waals surface area contributed by atoms with Crippen molar-refractivity contribution in [1.29, 1.82) is 0 Å². The Morgan fingerprint density at radius 1 is 1.05 bits per heavy atom. The average molecular weight is 301 g/mol. The molecule has 0 saturated carbocycles. The topological polar surface area (TPSA) is 84.5 Å². The molecule has 1 atom stereocenters. The molecule has 1 aliphatic rings. The van der Waals surface area contributed by atoms with Crippen molar-refractivity contribution in [3.05, 3.63) is 65.7 Å². The highest BCUT2D eigenvalue weighted by Gasteiger charge is 2.30. The van der Waals surface area contributed by atoms with E-state index < -0.39 is 10.0 Å². The number of hydrogen-bond donors (Lipinski definition) is 2. The van der Waals surface area contributed by atoms with E-state index in [2.05, 4.69) is 9.71 Å². The summed E-state index contributed by atoms with van der Waals surface area (Å²) in [5.74, 6) is 0.358. The molecular weight excluding hydrogens is 286 g/mol. The highest BCUT2D eigenvalue weighted by Crippen LogP contribution is 2.22. The molecule has 0 spiro atoms. The minimum Gasteiger partial charge on any atom is -0.322 e. The van der Waals surface area contributed by atoms with Crippen molar-refractivity contribution in [3.8, 4) is 0 Å². The van der Waals surface area contributed by atoms with Crippen LogP contribution in [0.1, 0.15) is 17.2 Å². The lowest BCUT2D eigenvalue weighted by atomic mass is 10.1. The SMILES string of the molecule is NC(CN=C1NS(=O)(=O)c2ccccc21)c1ccccc1. The van der Waals surface area contributed by atoms with Gasteiger partial charge >= 0.3 is 0 Å². The molecule has 3 rings (SSSR count). The van der Waals surface area contributed by atoms with Gasteiger partial charge in [0.25, 0.3) is 10.0 Å². The van der Waals surface area contributed by atoms with Crippen LogP contribution in [0.4, 0.5) is 0 Å². The zero-order valence-corrected chi connectivity index (χ0v) is 12.0. The number of fused-ring (bicyclic) bond motifs is 1. The van der Waals surface area contributed by atoms with Crippen molar-refractivity contribution in [2.24, 2.45) is 10.7 Å². The molecule has 0 aromatic heterocycles. The molecule has 0 aliphatic carbocycles. The molecule has 1 aliphatic heterocycles. The molecule has 108 valence electrons. The average Bonchev–Trinajstić information content (AvgIpc) is 2.77. The van der Waals surface area contributed by atoms with Crippen LogP contribution in [0.5, 0.6) is 0 Å². The molecule has 1 heterocycles. The third-order valence-electron chi connectivity index (χ3n) is 3.34. The Bertz CT molecular complexity index is 786. The summed E-state index contributed by atoms with van der Waals surface area (Å²) in [7, 11) is -3.49. The number of nitrogens with zero attached hydrogens (tertiary/aromatic N) is 1. The molecule has 2 aromatic rings. The van der Waals surface area contributed by atoms with Gasteiger partial charge in [-0.2, -0.15) is 0 Å². The lowest BCUT2D eigenvalue weighted by molar-refractivity contribution is 0.595. The van der Waals surface area contributed by atoms with Gasteiger partial charge in [0, 0.05) is 11.6 Å². The van der Waals surface area contributed by atoms with Crippen molar-refractivity contribution < 1.29 is 8.42 Å². The molecular formula is C15H15N3O2S. The summed E-state index contributed by atoms with van der Waals surface area (Å²) in [5.41, 5.74) is 7.64. The molecule has 5 nitrogen and oxygen atoms in total. The van der Waals surface area contributed by atoms with Crippen LogP contribution in [0.2, 0.25) is 0 Å². The molecule has 0 fully saturated rings. The van der Waals surface area contributed by atoms with Crippen LogP contribution >= 0.6 is 0 Å². The van der Waals surface area contributed by atoms with Gasteiger partial charge in [-0.25, -0.2) is 8.42 Å². The number of hydrogen-bond acceptors (Lipinski definition) is 4. The fourth-order valence-corrected chi connectivity index (χ4v) is 3.50. The van der Waals surface area contributed by atoms with E-state index in [4.69, 9.17) is 5.73 Å². The van der Waals surface area contributed by atoms with E-state index in [1.807, 2.05) is 30.3 Å². The first-order chi connectivity index (χ1) is 10.1. The summed E-state index contributed by atoms with van der Waals surface area (Å²) in [6.45, 7) is 0.316. The highest BCUT2D eigenvalue weighted by molar-refractivity contribution is 7.90. The van der Waals surface area contributed by atoms with E-state index in [-0.39, 0.29) is 10.9 Å². The van der Waals surface area contributed by atoms with E-state index >= 15 is 0 Å². The largest absolute Gasteiger partial charge is 0.322 e. The summed E-state index contributed by atoms with van der Waals surface area (Å²) >= 11 is 0. The number of nitrogens with two attached hydrogens (primary N) is 1. The highest BCUT2D eigenvalue weighted by atomic mass is 32.2. The maximum Gasteiger partial charge on any atom is 0.263 e. The number of nitrogens with one attached hydrogen (secondary N) is 1. The van der Waals surface area contributed by atoms with Gasteiger partial charge in [0.15, 0.2) is 0 Å². The zero-order valence-electron chi connectivity index (χ0n) is 11.2. The third kappa shape index (κ3) is 2.68. The van der Waals surface area contributed by atoms with Crippen LogP contribution in [0.15, 0.2) is 64.5 Å². The van der Waals surface area contributed by atoms with E-state index in [1.165, 1.54) is 0 Å². The Kier molecular flexibility index (Phi) is 3.48. The standard InChI is InChI=1S/C15H15N3O2S/c16-13(11-6-2-1-3-7-11)10-17-15-12-8-4-5-9-14(12)21(19,20)18-15/h1-9,13H,10,16H2,(H,17,18). The fourth-order valence-electron chi connectivity index (χ4n) is 2.25. The normalized spacial score (nSPS) is 19.0. The van der Waals surface area contributed by atoms with Gasteiger partial charge < -0.3 is 5.73 Å². The number of benzene rings is 2. The lowest BCUT2D eigenvalue weighted by Crippen LogP contribution is -2.24. The van der Waals surface area contributed by atoms with Gasteiger partial charge in [-0.15, -0.1) is 0 Å². The summed E-state index contributed by atoms with van der Waals surface area (Å²) < 4.78 is 26.4. The molecule has 1 unspecified atom stereocenters. The van der Waals surface area contributed by atoms with E-state index in [0.717, 1.165) is 5.56 Å². The predicted octanol–water partition coefficient (Wildman–Crippen LogP) is 1.43. The van der Waals surface area contributed by atoms with E-state index in [1.54, 1.807) is 24.3 Å². The van der Waals surface area contributed by atoms with Crippen LogP contribution in [0, 0.1) is 0 Å². The predicted molar refractivity (Wildman–Crippen MR) is 81.5 cm³/mol. The number of rotatable bonds is 3. The van der Waals surface area contributed by atoms with Gasteiger partial charge in [0.2, 0.25) is 0 Å². The quantitative estimate of drug-likeness (QED) is 0.899. The summed E-state index contributed by atoms with van der Waals surface area (Å²) in [6.07, 6.45) is 0. The van der Waals surface area contributed by atoms with Crippen molar-refractivity contribution in [2.75, 3.05) is 6.54 Å². The summed E-state index contributed by atoms with van der Waals surface area (Å²) in [4.78, 5) is 4.60. The first kappa shape index (κ1) is 13.8. The Morgan fingerprint density at radius 3 is 2.48 bits per heavy atom. The Morgan fingerprint density at radius 2 is 1.71 bits per heavy atom. The Hall–Kier alpha value is -2.18. The van der Waals surface area contributed by atoms with Gasteiger partial charge in [-0.05, 0) is 17.7 Å². The van der Waals surface area contributed by atoms with Crippen molar-refractivity contribution in [2.45, 2.75) is 10.9 Å². The van der Waals surface area contributed by atoms with Crippen molar-refractivity contribution in [1.82, 2.24) is 4.72 Å². The molecule has 0 saturated heterocycles. The smallest absolute Gasteiger partial charge is 0.263 e. The van der Waals surface area contributed by atoms with Gasteiger partial charge in [0.05, 0.1) is 11.4 Å². The van der Waals surface area contributed by atoms with Crippen LogP contribution in [0.25, 0.3) is 0 Å². The molecule has 21 heavy (non-hydrogen) atoms. The fraction of sp³-hybridized carbons (Fsp3) is 0.133. The van der Waals surface area contributed by atoms with Crippen molar-refractivity contribution >= 4 is 15.9 Å². The Balaban J connectivity index is 1.86. The molecule has 0 amide bonds. The second-order valence-corrected chi connectivity index (χ2v) is 6.46. The van der Waals surface area contributed by atoms with Gasteiger partial charge in [-0.3, -0.25) is 9.71 Å². The first-order valence-electron chi connectivity index (χ1n) is 6.55. The summed E-state index contributed by atoms with van der Waals surface area (Å²) in [6, 6.07) is 16.1. The van der Waals surface area contributed by atoms with E-state index in [0.29, 0.717) is 17.9 Å².